The van der Waals surface area contributed by atoms with E-state index in [-0.39, 0.29) is 0 Å². The number of pyridine rings is 1. The van der Waals surface area contributed by atoms with E-state index in [0.717, 1.165) is 0 Å². The van der Waals surface area contributed by atoms with E-state index >= 15 is 0 Å². The monoisotopic (exact) mass is 311 g/mol. The molecule has 4 rings (SSSR count). The Bertz CT molecular complexity index is 861. The molecule has 1 heterocycles. The van der Waals surface area contributed by atoms with Crippen LogP contribution in [0.1, 0.15) is 11.1 Å². The molecule has 0 amide bonds. The molecule has 0 atom stereocenters. The van der Waals surface area contributed by atoms with E-state index in [2.05, 4.69) is 79.5 Å². The van der Waals surface area contributed by atoms with E-state index in [1.807, 2.05) is 30.6 Å². The van der Waals surface area contributed by atoms with Gasteiger partial charge >= 0.3 is 0 Å². The third-order valence-electron chi connectivity index (χ3n) is 4.24. The van der Waals surface area contributed by atoms with Crippen LogP contribution in [0.5, 0.6) is 0 Å². The molecule has 0 radical (unpaired) electrons. The van der Waals surface area contributed by atoms with E-state index in [9.17, 15) is 0 Å². The fraction of sp³-hybridized carbons (Fsp3) is 0.0870. The Morgan fingerprint density at radius 1 is 0.625 bits per heavy atom. The molecule has 4 aromatic rings. The fourth-order valence-corrected chi connectivity index (χ4v) is 2.71. The van der Waals surface area contributed by atoms with Gasteiger partial charge in [0.25, 0.3) is 0 Å². The second-order valence-corrected chi connectivity index (χ2v) is 5.84. The standard InChI is InChI=1S/C14H14.C9H7N/c1-11-7-6-10-14(12(11)2)13-8-4-3-5-9-13;1-2-4-9-7-10-6-5-8(9)3-1/h3-10H,1-2H3;1-7H. The minimum atomic E-state index is 1.20. The number of fused-ring (bicyclic) bond motifs is 1. The molecule has 1 heteroatoms. The summed E-state index contributed by atoms with van der Waals surface area (Å²) in [5.41, 5.74) is 5.37. The number of benzene rings is 3. The van der Waals surface area contributed by atoms with Crippen molar-refractivity contribution in [3.05, 3.63) is 102 Å². The van der Waals surface area contributed by atoms with E-state index in [1.54, 1.807) is 0 Å². The van der Waals surface area contributed by atoms with Gasteiger partial charge in [0.05, 0.1) is 0 Å². The largest absolute Gasteiger partial charge is 0.264 e. The number of rotatable bonds is 1. The maximum absolute atomic E-state index is 4.01. The number of aromatic nitrogens is 1. The normalized spacial score (nSPS) is 10.1. The van der Waals surface area contributed by atoms with Gasteiger partial charge in [-0.05, 0) is 52.9 Å². The lowest BCUT2D eigenvalue weighted by molar-refractivity contribution is 1.34. The summed E-state index contributed by atoms with van der Waals surface area (Å²) in [5, 5.41) is 2.45. The van der Waals surface area contributed by atoms with E-state index in [0.29, 0.717) is 0 Å². The summed E-state index contributed by atoms with van der Waals surface area (Å²) in [7, 11) is 0. The van der Waals surface area contributed by atoms with E-state index in [4.69, 9.17) is 0 Å². The molecule has 1 nitrogen and oxygen atoms in total. The van der Waals surface area contributed by atoms with Crippen molar-refractivity contribution in [2.75, 3.05) is 0 Å². The lowest BCUT2D eigenvalue weighted by Crippen LogP contribution is -1.85. The van der Waals surface area contributed by atoms with Crippen LogP contribution in [-0.2, 0) is 0 Å². The van der Waals surface area contributed by atoms with Crippen LogP contribution >= 0.6 is 0 Å². The lowest BCUT2D eigenvalue weighted by Gasteiger charge is -2.07. The molecule has 0 aliphatic rings. The van der Waals surface area contributed by atoms with Crippen molar-refractivity contribution in [1.29, 1.82) is 0 Å². The molecule has 0 unspecified atom stereocenters. The molecule has 0 aliphatic carbocycles. The van der Waals surface area contributed by atoms with Gasteiger partial charge in [-0.15, -0.1) is 0 Å². The van der Waals surface area contributed by atoms with Crippen LogP contribution in [0.3, 0.4) is 0 Å². The van der Waals surface area contributed by atoms with Crippen molar-refractivity contribution >= 4 is 10.8 Å². The Morgan fingerprint density at radius 2 is 1.33 bits per heavy atom. The molecule has 0 aliphatic heterocycles. The first kappa shape index (κ1) is 15.9. The van der Waals surface area contributed by atoms with Crippen LogP contribution in [0.2, 0.25) is 0 Å². The van der Waals surface area contributed by atoms with Crippen molar-refractivity contribution < 1.29 is 0 Å². The van der Waals surface area contributed by atoms with Gasteiger partial charge in [-0.25, -0.2) is 0 Å². The molecule has 24 heavy (non-hydrogen) atoms. The third-order valence-corrected chi connectivity index (χ3v) is 4.24. The molecule has 0 N–H and O–H groups in total. The zero-order valence-electron chi connectivity index (χ0n) is 14.1. The van der Waals surface area contributed by atoms with Crippen molar-refractivity contribution in [2.24, 2.45) is 0 Å². The van der Waals surface area contributed by atoms with Gasteiger partial charge in [0.1, 0.15) is 0 Å². The van der Waals surface area contributed by atoms with Crippen LogP contribution in [0, 0.1) is 13.8 Å². The highest BCUT2D eigenvalue weighted by Crippen LogP contribution is 2.24. The maximum Gasteiger partial charge on any atom is 0.0346 e. The van der Waals surface area contributed by atoms with Crippen molar-refractivity contribution in [2.45, 2.75) is 13.8 Å². The molecule has 0 fully saturated rings. The molecule has 0 saturated carbocycles. The zero-order valence-corrected chi connectivity index (χ0v) is 14.1. The summed E-state index contributed by atoms with van der Waals surface area (Å²) in [6.07, 6.45) is 3.68. The first-order valence-electron chi connectivity index (χ1n) is 8.16. The lowest BCUT2D eigenvalue weighted by atomic mass is 9.97. The Hall–Kier alpha value is -2.93. The second-order valence-electron chi connectivity index (χ2n) is 5.84. The minimum absolute atomic E-state index is 1.20. The summed E-state index contributed by atoms with van der Waals surface area (Å²) >= 11 is 0. The zero-order chi connectivity index (χ0) is 16.8. The first-order chi connectivity index (χ1) is 11.8. The number of hydrogen-bond donors (Lipinski definition) is 0. The number of hydrogen-bond acceptors (Lipinski definition) is 1. The number of nitrogens with zero attached hydrogens (tertiary/aromatic N) is 1. The maximum atomic E-state index is 4.01. The summed E-state index contributed by atoms with van der Waals surface area (Å²) in [5.74, 6) is 0. The van der Waals surface area contributed by atoms with Crippen LogP contribution in [0.25, 0.3) is 21.9 Å². The Labute approximate surface area is 143 Å². The van der Waals surface area contributed by atoms with Crippen molar-refractivity contribution in [1.82, 2.24) is 4.98 Å². The van der Waals surface area contributed by atoms with Gasteiger partial charge in [0.15, 0.2) is 0 Å². The molecule has 3 aromatic carbocycles. The third kappa shape index (κ3) is 3.69. The molecular formula is C23H21N. The Kier molecular flexibility index (Phi) is 5.02. The Balaban J connectivity index is 0.000000149. The highest BCUT2D eigenvalue weighted by molar-refractivity contribution is 5.80. The van der Waals surface area contributed by atoms with Crippen LogP contribution in [0.15, 0.2) is 91.3 Å². The smallest absolute Gasteiger partial charge is 0.0346 e. The van der Waals surface area contributed by atoms with E-state index < -0.39 is 0 Å². The van der Waals surface area contributed by atoms with Crippen LogP contribution < -0.4 is 0 Å². The van der Waals surface area contributed by atoms with Crippen LogP contribution in [0.4, 0.5) is 0 Å². The molecule has 1 aromatic heterocycles. The molecular weight excluding hydrogens is 290 g/mol. The van der Waals surface area contributed by atoms with Gasteiger partial charge in [0.2, 0.25) is 0 Å². The molecule has 0 spiro atoms. The van der Waals surface area contributed by atoms with Crippen molar-refractivity contribution in [3.8, 4) is 11.1 Å². The summed E-state index contributed by atoms with van der Waals surface area (Å²) < 4.78 is 0. The van der Waals surface area contributed by atoms with E-state index in [1.165, 1.54) is 33.0 Å². The highest BCUT2D eigenvalue weighted by Gasteiger charge is 2.01. The topological polar surface area (TPSA) is 12.9 Å². The molecule has 0 saturated heterocycles. The predicted octanol–water partition coefficient (Wildman–Crippen LogP) is 6.21. The fourth-order valence-electron chi connectivity index (χ4n) is 2.71. The highest BCUT2D eigenvalue weighted by atomic mass is 14.6. The quantitative estimate of drug-likeness (QED) is 0.407. The molecule has 118 valence electrons. The number of aryl methyl sites for hydroxylation is 1. The Morgan fingerprint density at radius 3 is 2.08 bits per heavy atom. The predicted molar refractivity (Wildman–Crippen MR) is 103 cm³/mol. The van der Waals surface area contributed by atoms with Crippen molar-refractivity contribution in [3.63, 3.8) is 0 Å². The second kappa shape index (κ2) is 7.56. The van der Waals surface area contributed by atoms with Gasteiger partial charge < -0.3 is 0 Å². The van der Waals surface area contributed by atoms with Gasteiger partial charge in [-0.2, -0.15) is 0 Å². The summed E-state index contributed by atoms with van der Waals surface area (Å²) in [6.45, 7) is 4.33. The molecule has 0 bridgehead atoms. The average molecular weight is 311 g/mol. The first-order valence-corrected chi connectivity index (χ1v) is 8.16. The summed E-state index contributed by atoms with van der Waals surface area (Å²) in [4.78, 5) is 4.01. The average Bonchev–Trinajstić information content (AvgIpc) is 2.65. The van der Waals surface area contributed by atoms with Crippen LogP contribution in [-0.4, -0.2) is 4.98 Å². The minimum Gasteiger partial charge on any atom is -0.264 e. The summed E-state index contributed by atoms with van der Waals surface area (Å²) in [6, 6.07) is 27.2. The van der Waals surface area contributed by atoms with Gasteiger partial charge in [-0.1, -0.05) is 72.8 Å². The van der Waals surface area contributed by atoms with Gasteiger partial charge in [0, 0.05) is 12.4 Å². The van der Waals surface area contributed by atoms with Gasteiger partial charge in [-0.3, -0.25) is 4.98 Å². The SMILES string of the molecule is Cc1cccc(-c2ccccc2)c1C.c1ccc2cnccc2c1.